The van der Waals surface area contributed by atoms with Gasteiger partial charge < -0.3 is 0 Å². The number of hydrogen-bond donors (Lipinski definition) is 2. The molecule has 1 fully saturated rings. The Morgan fingerprint density at radius 2 is 1.67 bits per heavy atom. The first-order valence-corrected chi connectivity index (χ1v) is 8.48. The molecule has 0 aliphatic heterocycles. The molecular formula is C19H32N2. The van der Waals surface area contributed by atoms with Crippen LogP contribution >= 0.6 is 0 Å². The summed E-state index contributed by atoms with van der Waals surface area (Å²) in [5.74, 6) is 6.72. The Labute approximate surface area is 130 Å². The molecule has 0 heterocycles. The third kappa shape index (κ3) is 4.08. The maximum absolute atomic E-state index is 5.99. The van der Waals surface area contributed by atoms with E-state index < -0.39 is 0 Å². The molecule has 0 aromatic heterocycles. The van der Waals surface area contributed by atoms with Crippen LogP contribution in [0.4, 0.5) is 0 Å². The minimum atomic E-state index is 0.389. The molecule has 1 aliphatic carbocycles. The number of nitrogens with two attached hydrogens (primary N) is 1. The number of nitrogens with one attached hydrogen (secondary N) is 1. The SMILES string of the molecule is Cc1cc(C)cc(CC(NN)C2(CC(C)C)CCCC2)c1. The number of benzene rings is 1. The number of aryl methyl sites for hydroxylation is 2. The summed E-state index contributed by atoms with van der Waals surface area (Å²) in [4.78, 5) is 0. The van der Waals surface area contributed by atoms with Gasteiger partial charge in [0.05, 0.1) is 0 Å². The minimum Gasteiger partial charge on any atom is -0.271 e. The lowest BCUT2D eigenvalue weighted by atomic mass is 9.71. The van der Waals surface area contributed by atoms with Crippen molar-refractivity contribution in [3.8, 4) is 0 Å². The lowest BCUT2D eigenvalue weighted by Crippen LogP contribution is -2.49. The van der Waals surface area contributed by atoms with Crippen LogP contribution in [0.15, 0.2) is 18.2 Å². The second-order valence-corrected chi connectivity index (χ2v) is 7.59. The molecule has 0 amide bonds. The fourth-order valence-electron chi connectivity index (χ4n) is 4.46. The summed E-state index contributed by atoms with van der Waals surface area (Å²) in [6.07, 6.45) is 7.70. The molecule has 0 bridgehead atoms. The molecule has 1 atom stereocenters. The highest BCUT2D eigenvalue weighted by molar-refractivity contribution is 5.29. The van der Waals surface area contributed by atoms with Crippen molar-refractivity contribution in [2.45, 2.75) is 72.3 Å². The predicted molar refractivity (Wildman–Crippen MR) is 91.1 cm³/mol. The van der Waals surface area contributed by atoms with Crippen LogP contribution in [0.1, 0.15) is 62.6 Å². The minimum absolute atomic E-state index is 0.389. The van der Waals surface area contributed by atoms with Crippen LogP contribution in [0, 0.1) is 25.2 Å². The lowest BCUT2D eigenvalue weighted by Gasteiger charge is -2.39. The van der Waals surface area contributed by atoms with Crippen molar-refractivity contribution >= 4 is 0 Å². The van der Waals surface area contributed by atoms with Crippen LogP contribution in [-0.4, -0.2) is 6.04 Å². The van der Waals surface area contributed by atoms with Crippen LogP contribution in [0.2, 0.25) is 0 Å². The molecule has 0 spiro atoms. The Bertz CT molecular complexity index is 438. The van der Waals surface area contributed by atoms with Gasteiger partial charge in [-0.25, -0.2) is 0 Å². The highest BCUT2D eigenvalue weighted by Gasteiger charge is 2.41. The Hall–Kier alpha value is -0.860. The first-order chi connectivity index (χ1) is 9.95. The molecule has 2 heteroatoms. The van der Waals surface area contributed by atoms with Gasteiger partial charge in [0.15, 0.2) is 0 Å². The number of hydrazine groups is 1. The van der Waals surface area contributed by atoms with Crippen molar-refractivity contribution in [1.82, 2.24) is 5.43 Å². The highest BCUT2D eigenvalue weighted by atomic mass is 15.2. The second-order valence-electron chi connectivity index (χ2n) is 7.59. The van der Waals surface area contributed by atoms with E-state index in [4.69, 9.17) is 5.84 Å². The standard InChI is InChI=1S/C19H32N2/c1-14(2)13-19(7-5-6-8-19)18(21-20)12-17-10-15(3)9-16(4)11-17/h9-11,14,18,21H,5-8,12-13,20H2,1-4H3. The monoisotopic (exact) mass is 288 g/mol. The van der Waals surface area contributed by atoms with E-state index in [1.54, 1.807) is 0 Å². The molecule has 0 saturated heterocycles. The zero-order valence-electron chi connectivity index (χ0n) is 14.2. The van der Waals surface area contributed by atoms with E-state index >= 15 is 0 Å². The largest absolute Gasteiger partial charge is 0.271 e. The Morgan fingerprint density at radius 3 is 2.14 bits per heavy atom. The quantitative estimate of drug-likeness (QED) is 0.605. The summed E-state index contributed by atoms with van der Waals surface area (Å²) in [7, 11) is 0. The third-order valence-electron chi connectivity index (χ3n) is 5.08. The first kappa shape index (κ1) is 16.5. The van der Waals surface area contributed by atoms with Crippen molar-refractivity contribution in [3.63, 3.8) is 0 Å². The Balaban J connectivity index is 2.20. The number of hydrogen-bond acceptors (Lipinski definition) is 2. The molecule has 3 N–H and O–H groups in total. The first-order valence-electron chi connectivity index (χ1n) is 8.48. The zero-order chi connectivity index (χ0) is 15.5. The van der Waals surface area contributed by atoms with E-state index in [-0.39, 0.29) is 0 Å². The maximum atomic E-state index is 5.99. The molecule has 1 aliphatic rings. The van der Waals surface area contributed by atoms with Gasteiger partial charge in [-0.1, -0.05) is 56.0 Å². The summed E-state index contributed by atoms with van der Waals surface area (Å²) >= 11 is 0. The van der Waals surface area contributed by atoms with Gasteiger partial charge in [0.2, 0.25) is 0 Å². The summed E-state index contributed by atoms with van der Waals surface area (Å²) in [6, 6.07) is 7.27. The lowest BCUT2D eigenvalue weighted by molar-refractivity contribution is 0.154. The van der Waals surface area contributed by atoms with Crippen LogP contribution in [0.25, 0.3) is 0 Å². The van der Waals surface area contributed by atoms with E-state index in [1.807, 2.05) is 0 Å². The summed E-state index contributed by atoms with van der Waals surface area (Å²) in [5, 5.41) is 0. The summed E-state index contributed by atoms with van der Waals surface area (Å²) in [5.41, 5.74) is 7.69. The molecule has 1 saturated carbocycles. The van der Waals surface area contributed by atoms with Gasteiger partial charge in [0.25, 0.3) is 0 Å². The van der Waals surface area contributed by atoms with Crippen LogP contribution in [0.5, 0.6) is 0 Å². The topological polar surface area (TPSA) is 38.0 Å². The molecule has 2 nitrogen and oxygen atoms in total. The van der Waals surface area contributed by atoms with Gasteiger partial charge >= 0.3 is 0 Å². The average Bonchev–Trinajstić information content (AvgIpc) is 2.83. The molecule has 2 rings (SSSR count). The van der Waals surface area contributed by atoms with E-state index in [0.29, 0.717) is 11.5 Å². The van der Waals surface area contributed by atoms with E-state index in [1.165, 1.54) is 48.8 Å². The summed E-state index contributed by atoms with van der Waals surface area (Å²) in [6.45, 7) is 9.04. The van der Waals surface area contributed by atoms with Gasteiger partial charge in [0, 0.05) is 6.04 Å². The van der Waals surface area contributed by atoms with E-state index in [0.717, 1.165) is 12.3 Å². The Morgan fingerprint density at radius 1 is 1.10 bits per heavy atom. The maximum Gasteiger partial charge on any atom is 0.0307 e. The molecule has 1 aromatic carbocycles. The second kappa shape index (κ2) is 6.93. The highest BCUT2D eigenvalue weighted by Crippen LogP contribution is 2.46. The molecule has 118 valence electrons. The predicted octanol–water partition coefficient (Wildman–Crippen LogP) is 4.28. The van der Waals surface area contributed by atoms with Crippen molar-refractivity contribution in [3.05, 3.63) is 34.9 Å². The zero-order valence-corrected chi connectivity index (χ0v) is 14.2. The normalized spacial score (nSPS) is 19.1. The fraction of sp³-hybridized carbons (Fsp3) is 0.684. The molecule has 1 aromatic rings. The van der Waals surface area contributed by atoms with Crippen LogP contribution in [0.3, 0.4) is 0 Å². The van der Waals surface area contributed by atoms with E-state index in [9.17, 15) is 0 Å². The van der Waals surface area contributed by atoms with Gasteiger partial charge in [-0.15, -0.1) is 0 Å². The Kier molecular flexibility index (Phi) is 5.45. The van der Waals surface area contributed by atoms with Crippen LogP contribution < -0.4 is 11.3 Å². The van der Waals surface area contributed by atoms with Crippen molar-refractivity contribution in [2.75, 3.05) is 0 Å². The van der Waals surface area contributed by atoms with Gasteiger partial charge in [-0.2, -0.15) is 0 Å². The van der Waals surface area contributed by atoms with Gasteiger partial charge in [-0.3, -0.25) is 11.3 Å². The van der Waals surface area contributed by atoms with Crippen molar-refractivity contribution in [2.24, 2.45) is 17.2 Å². The molecule has 21 heavy (non-hydrogen) atoms. The molecular weight excluding hydrogens is 256 g/mol. The van der Waals surface area contributed by atoms with Crippen molar-refractivity contribution < 1.29 is 0 Å². The smallest absolute Gasteiger partial charge is 0.0307 e. The summed E-state index contributed by atoms with van der Waals surface area (Å²) < 4.78 is 0. The molecule has 1 unspecified atom stereocenters. The van der Waals surface area contributed by atoms with Gasteiger partial charge in [0.1, 0.15) is 0 Å². The average molecular weight is 288 g/mol. The van der Waals surface area contributed by atoms with Crippen LogP contribution in [-0.2, 0) is 6.42 Å². The fourth-order valence-corrected chi connectivity index (χ4v) is 4.46. The van der Waals surface area contributed by atoms with Gasteiger partial charge in [-0.05, 0) is 56.4 Å². The van der Waals surface area contributed by atoms with E-state index in [2.05, 4.69) is 51.3 Å². The van der Waals surface area contributed by atoms with Crippen molar-refractivity contribution in [1.29, 1.82) is 0 Å². The number of rotatable bonds is 6. The molecule has 0 radical (unpaired) electrons. The third-order valence-corrected chi connectivity index (χ3v) is 5.08.